The normalized spacial score (nSPS) is 12.5. The average molecular weight is 291 g/mol. The second-order valence-corrected chi connectivity index (χ2v) is 6.04. The Morgan fingerprint density at radius 2 is 2.05 bits per heavy atom. The zero-order valence-corrected chi connectivity index (χ0v) is 13.1. The van der Waals surface area contributed by atoms with Crippen LogP contribution >= 0.6 is 11.3 Å². The first kappa shape index (κ1) is 14.7. The Hall–Kier alpha value is -1.66. The number of thiophene rings is 1. The molecule has 2 aromatic heterocycles. The molecule has 2 aromatic rings. The second kappa shape index (κ2) is 6.19. The summed E-state index contributed by atoms with van der Waals surface area (Å²) < 4.78 is 0. The van der Waals surface area contributed by atoms with E-state index in [-0.39, 0.29) is 12.0 Å². The molecule has 0 saturated heterocycles. The number of aromatic nitrogens is 2. The molecule has 0 aliphatic carbocycles. The second-order valence-electron chi connectivity index (χ2n) is 5.06. The van der Waals surface area contributed by atoms with Gasteiger partial charge in [-0.25, -0.2) is 15.8 Å². The van der Waals surface area contributed by atoms with Crippen molar-refractivity contribution >= 4 is 23.0 Å². The summed E-state index contributed by atoms with van der Waals surface area (Å²) in [6.45, 7) is 6.41. The Kier molecular flexibility index (Phi) is 4.57. The van der Waals surface area contributed by atoms with E-state index in [1.165, 1.54) is 4.88 Å². The van der Waals surface area contributed by atoms with Crippen molar-refractivity contribution in [2.45, 2.75) is 32.7 Å². The van der Waals surface area contributed by atoms with E-state index < -0.39 is 0 Å². The highest BCUT2D eigenvalue weighted by Gasteiger charge is 2.21. The van der Waals surface area contributed by atoms with Crippen molar-refractivity contribution in [2.24, 2.45) is 5.84 Å². The molecule has 1 atom stereocenters. The maximum atomic E-state index is 5.57. The van der Waals surface area contributed by atoms with E-state index in [4.69, 9.17) is 5.84 Å². The predicted molar refractivity (Wildman–Crippen MR) is 85.1 cm³/mol. The van der Waals surface area contributed by atoms with E-state index in [1.54, 1.807) is 17.7 Å². The first-order chi connectivity index (χ1) is 9.56. The number of nitrogen functional groups attached to an aromatic ring is 1. The van der Waals surface area contributed by atoms with Gasteiger partial charge in [-0.15, -0.1) is 11.3 Å². The smallest absolute Gasteiger partial charge is 0.148 e. The third kappa shape index (κ3) is 2.76. The van der Waals surface area contributed by atoms with Crippen LogP contribution in [-0.2, 0) is 0 Å². The molecule has 108 valence electrons. The van der Waals surface area contributed by atoms with Gasteiger partial charge in [0.15, 0.2) is 0 Å². The maximum Gasteiger partial charge on any atom is 0.148 e. The molecule has 1 unspecified atom stereocenters. The summed E-state index contributed by atoms with van der Waals surface area (Å²) in [6.07, 6.45) is 1.55. The number of hydrazine groups is 1. The molecule has 3 N–H and O–H groups in total. The van der Waals surface area contributed by atoms with Gasteiger partial charge in [0.1, 0.15) is 18.0 Å². The lowest BCUT2D eigenvalue weighted by molar-refractivity contribution is 0.722. The van der Waals surface area contributed by atoms with Crippen LogP contribution in [0.4, 0.5) is 11.6 Å². The monoisotopic (exact) mass is 291 g/mol. The summed E-state index contributed by atoms with van der Waals surface area (Å²) in [5, 5.41) is 2.09. The van der Waals surface area contributed by atoms with Gasteiger partial charge in [0.2, 0.25) is 0 Å². The lowest BCUT2D eigenvalue weighted by Crippen LogP contribution is -2.25. The summed E-state index contributed by atoms with van der Waals surface area (Å²) in [5.41, 5.74) is 3.71. The summed E-state index contributed by atoms with van der Waals surface area (Å²) >= 11 is 1.75. The number of hydrogen-bond acceptors (Lipinski definition) is 6. The number of nitrogens with one attached hydrogen (secondary N) is 1. The molecule has 6 heteroatoms. The Balaban J connectivity index is 2.41. The fraction of sp³-hybridized carbons (Fsp3) is 0.429. The van der Waals surface area contributed by atoms with Crippen molar-refractivity contribution < 1.29 is 0 Å². The molecule has 0 aliphatic rings. The first-order valence-corrected chi connectivity index (χ1v) is 7.52. The van der Waals surface area contributed by atoms with Gasteiger partial charge in [-0.2, -0.15) is 0 Å². The Morgan fingerprint density at radius 1 is 1.30 bits per heavy atom. The molecule has 0 saturated carbocycles. The van der Waals surface area contributed by atoms with Gasteiger partial charge in [-0.1, -0.05) is 19.9 Å². The Morgan fingerprint density at radius 3 is 2.60 bits per heavy atom. The number of nitrogens with two attached hydrogens (primary N) is 1. The van der Waals surface area contributed by atoms with Gasteiger partial charge in [0.05, 0.1) is 6.04 Å². The van der Waals surface area contributed by atoms with Crippen molar-refractivity contribution in [3.05, 3.63) is 34.3 Å². The van der Waals surface area contributed by atoms with E-state index in [0.29, 0.717) is 5.82 Å². The third-order valence-electron chi connectivity index (χ3n) is 3.45. The minimum absolute atomic E-state index is 0.257. The first-order valence-electron chi connectivity index (χ1n) is 6.64. The van der Waals surface area contributed by atoms with Crippen LogP contribution in [-0.4, -0.2) is 17.0 Å². The molecule has 2 rings (SSSR count). The van der Waals surface area contributed by atoms with E-state index in [1.807, 2.05) is 0 Å². The lowest BCUT2D eigenvalue weighted by atomic mass is 10.0. The molecule has 0 bridgehead atoms. The average Bonchev–Trinajstić information content (AvgIpc) is 2.98. The summed E-state index contributed by atoms with van der Waals surface area (Å²) in [6, 6.07) is 4.47. The van der Waals surface area contributed by atoms with Gasteiger partial charge in [-0.3, -0.25) is 0 Å². The van der Waals surface area contributed by atoms with Gasteiger partial charge >= 0.3 is 0 Å². The number of hydrogen-bond donors (Lipinski definition) is 2. The minimum atomic E-state index is 0.257. The zero-order valence-electron chi connectivity index (χ0n) is 12.3. The SMILES string of the molecule is CC(C)c1c(NN)ncnc1N(C)C(C)c1cccs1. The van der Waals surface area contributed by atoms with Gasteiger partial charge in [-0.05, 0) is 24.3 Å². The molecule has 0 amide bonds. The molecule has 2 heterocycles. The van der Waals surface area contributed by atoms with E-state index >= 15 is 0 Å². The van der Waals surface area contributed by atoms with Crippen LogP contribution in [0, 0.1) is 0 Å². The molecule has 0 spiro atoms. The summed E-state index contributed by atoms with van der Waals surface area (Å²) in [5.74, 6) is 7.47. The van der Waals surface area contributed by atoms with Crippen LogP contribution in [0.25, 0.3) is 0 Å². The van der Waals surface area contributed by atoms with E-state index in [2.05, 4.69) is 65.6 Å². The predicted octanol–water partition coefficient (Wildman–Crippen LogP) is 3.14. The van der Waals surface area contributed by atoms with Crippen LogP contribution in [0.15, 0.2) is 23.8 Å². The summed E-state index contributed by atoms with van der Waals surface area (Å²) in [4.78, 5) is 12.2. The van der Waals surface area contributed by atoms with Crippen molar-refractivity contribution in [3.8, 4) is 0 Å². The van der Waals surface area contributed by atoms with E-state index in [0.717, 1.165) is 11.4 Å². The Bertz CT molecular complexity index is 553. The molecular formula is C14H21N5S. The van der Waals surface area contributed by atoms with Crippen LogP contribution < -0.4 is 16.2 Å². The van der Waals surface area contributed by atoms with Crippen LogP contribution in [0.2, 0.25) is 0 Å². The largest absolute Gasteiger partial charge is 0.352 e. The zero-order chi connectivity index (χ0) is 14.7. The van der Waals surface area contributed by atoms with Crippen molar-refractivity contribution in [1.29, 1.82) is 0 Å². The topological polar surface area (TPSA) is 67.1 Å². The van der Waals surface area contributed by atoms with Gasteiger partial charge in [0.25, 0.3) is 0 Å². The van der Waals surface area contributed by atoms with Crippen molar-refractivity contribution in [3.63, 3.8) is 0 Å². The fourth-order valence-electron chi connectivity index (χ4n) is 2.22. The standard InChI is InChI=1S/C14H21N5S/c1-9(2)12-13(18-15)16-8-17-14(12)19(4)10(3)11-6-5-7-20-11/h5-10H,15H2,1-4H3,(H,16,17,18). The quantitative estimate of drug-likeness (QED) is 0.654. The Labute approximate surface area is 123 Å². The number of nitrogens with zero attached hydrogens (tertiary/aromatic N) is 3. The minimum Gasteiger partial charge on any atom is -0.352 e. The van der Waals surface area contributed by atoms with Crippen molar-refractivity contribution in [1.82, 2.24) is 9.97 Å². The molecule has 5 nitrogen and oxygen atoms in total. The van der Waals surface area contributed by atoms with E-state index in [9.17, 15) is 0 Å². The molecular weight excluding hydrogens is 270 g/mol. The molecule has 20 heavy (non-hydrogen) atoms. The lowest BCUT2D eigenvalue weighted by Gasteiger charge is -2.28. The third-order valence-corrected chi connectivity index (χ3v) is 4.49. The summed E-state index contributed by atoms with van der Waals surface area (Å²) in [7, 11) is 2.05. The molecule has 0 radical (unpaired) electrons. The highest BCUT2D eigenvalue weighted by atomic mass is 32.1. The molecule has 0 aromatic carbocycles. The van der Waals surface area contributed by atoms with Crippen molar-refractivity contribution in [2.75, 3.05) is 17.4 Å². The number of anilines is 2. The number of rotatable bonds is 5. The fourth-order valence-corrected chi connectivity index (χ4v) is 3.04. The van der Waals surface area contributed by atoms with Gasteiger partial charge in [0, 0.05) is 17.5 Å². The van der Waals surface area contributed by atoms with Gasteiger partial charge < -0.3 is 10.3 Å². The van der Waals surface area contributed by atoms with Crippen LogP contribution in [0.1, 0.15) is 43.2 Å². The molecule has 0 fully saturated rings. The molecule has 0 aliphatic heterocycles. The van der Waals surface area contributed by atoms with Crippen LogP contribution in [0.5, 0.6) is 0 Å². The highest BCUT2D eigenvalue weighted by Crippen LogP contribution is 2.34. The highest BCUT2D eigenvalue weighted by molar-refractivity contribution is 7.10. The maximum absolute atomic E-state index is 5.57. The van der Waals surface area contributed by atoms with Crippen LogP contribution in [0.3, 0.4) is 0 Å².